The fraction of sp³-hybridized carbons (Fsp3) is 0.632. The summed E-state index contributed by atoms with van der Waals surface area (Å²) >= 11 is 4.26. The largest absolute Gasteiger partial charge is 0.460 e. The molecule has 1 rings (SSSR count). The minimum Gasteiger partial charge on any atom is -0.460 e. The molecule has 23 heavy (non-hydrogen) atoms. The number of carbonyl (C=O) groups excluding carboxylic acids is 1. The predicted octanol–water partition coefficient (Wildman–Crippen LogP) is 5.07. The Morgan fingerprint density at radius 1 is 1.17 bits per heavy atom. The molecule has 4 heteroatoms. The van der Waals surface area contributed by atoms with Crippen LogP contribution in [0.1, 0.15) is 59.4 Å². The summed E-state index contributed by atoms with van der Waals surface area (Å²) in [5.41, 5.74) is 1.66. The highest BCUT2D eigenvalue weighted by Gasteiger charge is 2.31. The minimum atomic E-state index is -0.505. The number of thiol groups is 1. The number of esters is 1. The Hall–Kier alpha value is -1.16. The first kappa shape index (κ1) is 19.9. The van der Waals surface area contributed by atoms with E-state index in [0.29, 0.717) is 12.4 Å². The van der Waals surface area contributed by atoms with Gasteiger partial charge in [0.05, 0.1) is 5.41 Å². The zero-order valence-electron chi connectivity index (χ0n) is 15.1. The predicted molar refractivity (Wildman–Crippen MR) is 101 cm³/mol. The fourth-order valence-electron chi connectivity index (χ4n) is 2.41. The van der Waals surface area contributed by atoms with Crippen LogP contribution in [0.3, 0.4) is 0 Å². The smallest absolute Gasteiger partial charge is 0.312 e. The molecule has 0 heterocycles. The molecule has 0 aliphatic heterocycles. The SMILES string of the molecule is CCCC(C)(C)Nc1ccc(COC(=O)C(C)(CC)CS)cc1. The lowest BCUT2D eigenvalue weighted by Crippen LogP contribution is -2.31. The lowest BCUT2D eigenvalue weighted by molar-refractivity contribution is -0.155. The Morgan fingerprint density at radius 2 is 1.78 bits per heavy atom. The van der Waals surface area contributed by atoms with Crippen LogP contribution in [-0.4, -0.2) is 17.3 Å². The van der Waals surface area contributed by atoms with Gasteiger partial charge in [-0.25, -0.2) is 0 Å². The van der Waals surface area contributed by atoms with Gasteiger partial charge in [-0.1, -0.05) is 32.4 Å². The minimum absolute atomic E-state index is 0.0816. The lowest BCUT2D eigenvalue weighted by Gasteiger charge is -2.27. The maximum Gasteiger partial charge on any atom is 0.312 e. The zero-order chi connectivity index (χ0) is 17.5. The van der Waals surface area contributed by atoms with Crippen LogP contribution in [0.4, 0.5) is 5.69 Å². The first-order valence-corrected chi connectivity index (χ1v) is 9.05. The highest BCUT2D eigenvalue weighted by atomic mass is 32.1. The van der Waals surface area contributed by atoms with E-state index in [1.54, 1.807) is 0 Å². The molecule has 0 amide bonds. The highest BCUT2D eigenvalue weighted by molar-refractivity contribution is 7.80. The Balaban J connectivity index is 2.60. The van der Waals surface area contributed by atoms with Gasteiger partial charge < -0.3 is 10.1 Å². The molecule has 0 aromatic heterocycles. The third-order valence-corrected chi connectivity index (χ3v) is 5.00. The van der Waals surface area contributed by atoms with Crippen molar-refractivity contribution in [2.24, 2.45) is 5.41 Å². The van der Waals surface area contributed by atoms with Crippen LogP contribution in [0.25, 0.3) is 0 Å². The van der Waals surface area contributed by atoms with E-state index in [9.17, 15) is 4.79 Å². The van der Waals surface area contributed by atoms with Gasteiger partial charge in [0.25, 0.3) is 0 Å². The van der Waals surface area contributed by atoms with E-state index in [0.717, 1.165) is 30.5 Å². The van der Waals surface area contributed by atoms with Crippen LogP contribution in [0.2, 0.25) is 0 Å². The van der Waals surface area contributed by atoms with E-state index in [2.05, 4.69) is 38.7 Å². The molecule has 0 aliphatic rings. The third-order valence-electron chi connectivity index (χ3n) is 4.30. The van der Waals surface area contributed by atoms with E-state index < -0.39 is 5.41 Å². The Morgan fingerprint density at radius 3 is 2.26 bits per heavy atom. The average molecular weight is 338 g/mol. The summed E-state index contributed by atoms with van der Waals surface area (Å²) in [6, 6.07) is 8.08. The second kappa shape index (κ2) is 8.62. The summed E-state index contributed by atoms with van der Waals surface area (Å²) in [7, 11) is 0. The Kier molecular flexibility index (Phi) is 7.46. The molecule has 0 spiro atoms. The number of anilines is 1. The molecular formula is C19H31NO2S. The van der Waals surface area contributed by atoms with E-state index in [1.807, 2.05) is 38.1 Å². The Bertz CT molecular complexity index is 493. The summed E-state index contributed by atoms with van der Waals surface area (Å²) in [5, 5.41) is 3.54. The molecule has 1 atom stereocenters. The van der Waals surface area contributed by atoms with Gasteiger partial charge >= 0.3 is 5.97 Å². The van der Waals surface area contributed by atoms with Gasteiger partial charge in [0, 0.05) is 17.0 Å². The number of nitrogens with one attached hydrogen (secondary N) is 1. The number of hydrogen-bond donors (Lipinski definition) is 2. The number of ether oxygens (including phenoxy) is 1. The van der Waals surface area contributed by atoms with Gasteiger partial charge in [0.1, 0.15) is 6.61 Å². The summed E-state index contributed by atoms with van der Waals surface area (Å²) < 4.78 is 5.45. The molecule has 0 bridgehead atoms. The molecule has 0 saturated carbocycles. The fourth-order valence-corrected chi connectivity index (χ4v) is 2.76. The van der Waals surface area contributed by atoms with Crippen LogP contribution < -0.4 is 5.32 Å². The second-order valence-corrected chi connectivity index (χ2v) is 7.42. The average Bonchev–Trinajstić information content (AvgIpc) is 2.52. The van der Waals surface area contributed by atoms with Gasteiger partial charge in [0.15, 0.2) is 0 Å². The molecule has 3 nitrogen and oxygen atoms in total. The number of benzene rings is 1. The van der Waals surface area contributed by atoms with Crippen molar-refractivity contribution in [3.05, 3.63) is 29.8 Å². The van der Waals surface area contributed by atoms with Crippen molar-refractivity contribution < 1.29 is 9.53 Å². The highest BCUT2D eigenvalue weighted by Crippen LogP contribution is 2.25. The van der Waals surface area contributed by atoms with Gasteiger partial charge in [-0.15, -0.1) is 0 Å². The maximum atomic E-state index is 12.1. The topological polar surface area (TPSA) is 38.3 Å². The second-order valence-electron chi connectivity index (χ2n) is 7.10. The van der Waals surface area contributed by atoms with Crippen LogP contribution in [0.5, 0.6) is 0 Å². The molecule has 0 saturated heterocycles. The first-order chi connectivity index (χ1) is 10.8. The van der Waals surface area contributed by atoms with Gasteiger partial charge in [-0.3, -0.25) is 4.79 Å². The van der Waals surface area contributed by atoms with Crippen LogP contribution in [-0.2, 0) is 16.1 Å². The number of hydrogen-bond acceptors (Lipinski definition) is 4. The Labute approximate surface area is 146 Å². The van der Waals surface area contributed by atoms with Gasteiger partial charge in [-0.2, -0.15) is 12.6 Å². The van der Waals surface area contributed by atoms with E-state index >= 15 is 0 Å². The molecular weight excluding hydrogens is 306 g/mol. The molecule has 130 valence electrons. The van der Waals surface area contributed by atoms with Crippen molar-refractivity contribution in [3.63, 3.8) is 0 Å². The molecule has 0 aliphatic carbocycles. The van der Waals surface area contributed by atoms with Crippen molar-refractivity contribution in [1.82, 2.24) is 0 Å². The van der Waals surface area contributed by atoms with E-state index in [4.69, 9.17) is 4.74 Å². The van der Waals surface area contributed by atoms with Crippen molar-refractivity contribution in [2.45, 2.75) is 66.0 Å². The van der Waals surface area contributed by atoms with Crippen LogP contribution in [0.15, 0.2) is 24.3 Å². The molecule has 0 radical (unpaired) electrons. The van der Waals surface area contributed by atoms with Crippen LogP contribution in [0, 0.1) is 5.41 Å². The maximum absolute atomic E-state index is 12.1. The quantitative estimate of drug-likeness (QED) is 0.488. The van der Waals surface area contributed by atoms with Crippen molar-refractivity contribution in [3.8, 4) is 0 Å². The molecule has 1 aromatic rings. The monoisotopic (exact) mass is 337 g/mol. The normalized spacial score (nSPS) is 14.2. The third kappa shape index (κ3) is 6.09. The zero-order valence-corrected chi connectivity index (χ0v) is 16.0. The number of carbonyl (C=O) groups is 1. The van der Waals surface area contributed by atoms with E-state index in [-0.39, 0.29) is 11.5 Å². The van der Waals surface area contributed by atoms with Crippen molar-refractivity contribution >= 4 is 24.3 Å². The summed E-state index contributed by atoms with van der Waals surface area (Å²) in [6.45, 7) is 10.8. The van der Waals surface area contributed by atoms with Crippen LogP contribution >= 0.6 is 12.6 Å². The van der Waals surface area contributed by atoms with Crippen molar-refractivity contribution in [2.75, 3.05) is 11.1 Å². The summed E-state index contributed by atoms with van der Waals surface area (Å²) in [6.07, 6.45) is 2.99. The summed E-state index contributed by atoms with van der Waals surface area (Å²) in [4.78, 5) is 12.1. The van der Waals surface area contributed by atoms with Gasteiger partial charge in [0.2, 0.25) is 0 Å². The molecule has 1 aromatic carbocycles. The van der Waals surface area contributed by atoms with E-state index in [1.165, 1.54) is 0 Å². The van der Waals surface area contributed by atoms with Crippen molar-refractivity contribution in [1.29, 1.82) is 0 Å². The molecule has 0 fully saturated rings. The lowest BCUT2D eigenvalue weighted by atomic mass is 9.90. The van der Waals surface area contributed by atoms with Gasteiger partial charge in [-0.05, 0) is 51.3 Å². The number of rotatable bonds is 9. The molecule has 1 N–H and O–H groups in total. The first-order valence-electron chi connectivity index (χ1n) is 8.41. The summed E-state index contributed by atoms with van der Waals surface area (Å²) in [5.74, 6) is 0.318. The standard InChI is InChI=1S/C19H31NO2S/c1-6-12-18(3,4)20-16-10-8-15(9-11-16)13-22-17(21)19(5,7-2)14-23/h8-11,20,23H,6-7,12-14H2,1-5H3. The molecule has 1 unspecified atom stereocenters.